The van der Waals surface area contributed by atoms with Crippen molar-refractivity contribution in [2.45, 2.75) is 109 Å². The summed E-state index contributed by atoms with van der Waals surface area (Å²) in [5.74, 6) is -2.28. The lowest BCUT2D eigenvalue weighted by Crippen LogP contribution is -2.60. The third-order valence-corrected chi connectivity index (χ3v) is 10.0. The zero-order valence-corrected chi connectivity index (χ0v) is 33.0. The molecule has 4 rings (SSSR count). The number of imidazole rings is 1. The fourth-order valence-electron chi connectivity index (χ4n) is 7.17. The van der Waals surface area contributed by atoms with Crippen molar-refractivity contribution in [3.05, 3.63) is 102 Å². The summed E-state index contributed by atoms with van der Waals surface area (Å²) < 4.78 is 5.49. The number of aliphatic hydroxyl groups excluding tert-OH is 2. The Kier molecular flexibility index (Phi) is 17.0. The van der Waals surface area contributed by atoms with Gasteiger partial charge in [0, 0.05) is 25.6 Å². The van der Waals surface area contributed by atoms with Crippen LogP contribution in [0.2, 0.25) is 0 Å². The molecule has 0 fully saturated rings. The molecule has 6 atom stereocenters. The van der Waals surface area contributed by atoms with E-state index in [2.05, 4.69) is 25.9 Å². The molecule has 2 unspecified atom stereocenters. The molecule has 14 heteroatoms. The summed E-state index contributed by atoms with van der Waals surface area (Å²) in [5.41, 5.74) is 5.92. The zero-order valence-electron chi connectivity index (χ0n) is 33.0. The summed E-state index contributed by atoms with van der Waals surface area (Å²) in [7, 11) is 0. The van der Waals surface area contributed by atoms with E-state index >= 15 is 0 Å². The first kappa shape index (κ1) is 44.4. The molecule has 308 valence electrons. The number of nitrogens with zero attached hydrogens (tertiary/aromatic N) is 1. The average molecular weight is 787 g/mol. The average Bonchev–Trinajstić information content (AvgIpc) is 3.69. The highest BCUT2D eigenvalue weighted by atomic mass is 16.5. The molecule has 9 N–H and O–H groups in total. The van der Waals surface area contributed by atoms with Gasteiger partial charge in [-0.3, -0.25) is 14.4 Å². The molecular weight excluding hydrogens is 729 g/mol. The van der Waals surface area contributed by atoms with Gasteiger partial charge >= 0.3 is 6.09 Å². The summed E-state index contributed by atoms with van der Waals surface area (Å²) in [6.45, 7) is 5.54. The van der Waals surface area contributed by atoms with Gasteiger partial charge in [-0.2, -0.15) is 0 Å². The molecule has 57 heavy (non-hydrogen) atoms. The maximum Gasteiger partial charge on any atom is 0.408 e. The number of hydrogen-bond donors (Lipinski definition) is 8. The minimum atomic E-state index is -1.77. The summed E-state index contributed by atoms with van der Waals surface area (Å²) in [6, 6.07) is 19.1. The van der Waals surface area contributed by atoms with Gasteiger partial charge in [0.05, 0.1) is 36.2 Å². The molecule has 4 aromatic rings. The summed E-state index contributed by atoms with van der Waals surface area (Å²) in [6.07, 6.45) is 2.55. The molecule has 14 nitrogen and oxygen atoms in total. The van der Waals surface area contributed by atoms with Crippen LogP contribution in [0.3, 0.4) is 0 Å². The number of benzene rings is 3. The monoisotopic (exact) mass is 786 g/mol. The number of aliphatic hydroxyl groups is 3. The van der Waals surface area contributed by atoms with Crippen LogP contribution in [-0.4, -0.2) is 85.5 Å². The predicted octanol–water partition coefficient (Wildman–Crippen LogP) is 3.82. The third kappa shape index (κ3) is 14.3. The van der Waals surface area contributed by atoms with Gasteiger partial charge in [0.2, 0.25) is 17.7 Å². The quantitative estimate of drug-likeness (QED) is 0.0546. The van der Waals surface area contributed by atoms with Gasteiger partial charge in [-0.05, 0) is 65.8 Å². The maximum absolute atomic E-state index is 14.4. The molecule has 0 saturated heterocycles. The fraction of sp³-hybridized carbons (Fsp3) is 0.465. The number of H-pyrrole nitrogens is 1. The Hall–Kier alpha value is -5.31. The number of aromatic nitrogens is 2. The van der Waals surface area contributed by atoms with E-state index in [1.54, 1.807) is 6.20 Å². The first-order valence-corrected chi connectivity index (χ1v) is 19.6. The van der Waals surface area contributed by atoms with Gasteiger partial charge in [0.25, 0.3) is 0 Å². The number of carbonyl (C=O) groups excluding carboxylic acids is 4. The Balaban J connectivity index is 1.61. The molecule has 0 aliphatic heterocycles. The van der Waals surface area contributed by atoms with Crippen molar-refractivity contribution in [1.29, 1.82) is 0 Å². The smallest absolute Gasteiger partial charge is 0.408 e. The number of alkyl carbamates (subject to hydrolysis) is 1. The zero-order chi connectivity index (χ0) is 41.4. The van der Waals surface area contributed by atoms with Gasteiger partial charge in [0.1, 0.15) is 18.7 Å². The topological polar surface area (TPSA) is 229 Å². The molecule has 0 aliphatic carbocycles. The van der Waals surface area contributed by atoms with Crippen molar-refractivity contribution in [3.8, 4) is 0 Å². The number of hydrogen-bond acceptors (Lipinski definition) is 9. The first-order chi connectivity index (χ1) is 27.3. The Labute approximate surface area is 334 Å². The Morgan fingerprint density at radius 1 is 0.860 bits per heavy atom. The van der Waals surface area contributed by atoms with Gasteiger partial charge in [0.15, 0.2) is 0 Å². The standard InChI is InChI=1S/C43H58N6O8/c1-28(2)20-38(43(56,24-39(44)52)23-29(3)16-17-34(51)18-19-50)49-41(54)37(22-33-25-45-27-46-33)47-40(53)36(48-42(55)57-26-30-10-5-4-6-11-30)21-32-14-9-13-31-12-7-8-15-35(31)32/h4-15,25,27-29,34,36-38,50-51,56H,16-24,26H2,1-3H3,(H2,44,52)(H,45,46)(H,47,53)(H,48,55)(H,49,54)/t29?,34?,36-,37-,38-,43-/m0/s1. The SMILES string of the molecule is CC(C)C[C@H](NC(=O)[C@H](Cc1c[nH]cn1)NC(=O)[C@H](Cc1cccc2ccccc12)NC(=O)OCc1ccccc1)[C@@](O)(CC(N)=O)CC(C)CCC(O)CCO. The second-order valence-electron chi connectivity index (χ2n) is 15.4. The molecule has 0 spiro atoms. The van der Waals surface area contributed by atoms with E-state index < -0.39 is 60.1 Å². The first-order valence-electron chi connectivity index (χ1n) is 19.6. The lowest BCUT2D eigenvalue weighted by Gasteiger charge is -2.39. The van der Waals surface area contributed by atoms with Crippen molar-refractivity contribution in [2.24, 2.45) is 17.6 Å². The van der Waals surface area contributed by atoms with Crippen molar-refractivity contribution in [2.75, 3.05) is 6.61 Å². The van der Waals surface area contributed by atoms with E-state index in [-0.39, 0.29) is 57.2 Å². The van der Waals surface area contributed by atoms with Crippen LogP contribution in [0.5, 0.6) is 0 Å². The van der Waals surface area contributed by atoms with Crippen LogP contribution in [0.25, 0.3) is 10.8 Å². The number of nitrogens with one attached hydrogen (secondary N) is 4. The molecular formula is C43H58N6O8. The summed E-state index contributed by atoms with van der Waals surface area (Å²) >= 11 is 0. The van der Waals surface area contributed by atoms with Crippen LogP contribution >= 0.6 is 0 Å². The van der Waals surface area contributed by atoms with Crippen LogP contribution in [-0.2, 0) is 38.6 Å². The van der Waals surface area contributed by atoms with E-state index in [0.29, 0.717) is 18.5 Å². The number of primary amides is 1. The molecule has 1 heterocycles. The maximum atomic E-state index is 14.4. The van der Waals surface area contributed by atoms with Crippen molar-refractivity contribution < 1.29 is 39.2 Å². The van der Waals surface area contributed by atoms with E-state index in [0.717, 1.165) is 21.9 Å². The van der Waals surface area contributed by atoms with Crippen LogP contribution < -0.4 is 21.7 Å². The number of nitrogens with two attached hydrogens (primary N) is 1. The number of rotatable bonds is 23. The highest BCUT2D eigenvalue weighted by molar-refractivity contribution is 5.93. The van der Waals surface area contributed by atoms with Gasteiger partial charge in [-0.15, -0.1) is 0 Å². The lowest BCUT2D eigenvalue weighted by atomic mass is 9.77. The molecule has 4 amide bonds. The largest absolute Gasteiger partial charge is 0.445 e. The second kappa shape index (κ2) is 21.8. The number of fused-ring (bicyclic) bond motifs is 1. The van der Waals surface area contributed by atoms with Gasteiger partial charge in [-0.25, -0.2) is 9.78 Å². The second-order valence-corrected chi connectivity index (χ2v) is 15.4. The number of amides is 4. The van der Waals surface area contributed by atoms with Crippen LogP contribution in [0.15, 0.2) is 85.3 Å². The third-order valence-electron chi connectivity index (χ3n) is 10.0. The summed E-state index contributed by atoms with van der Waals surface area (Å²) in [4.78, 5) is 61.5. The Morgan fingerprint density at radius 2 is 1.54 bits per heavy atom. The van der Waals surface area contributed by atoms with E-state index in [9.17, 15) is 34.5 Å². The lowest BCUT2D eigenvalue weighted by molar-refractivity contribution is -0.134. The molecule has 0 aliphatic rings. The van der Waals surface area contributed by atoms with E-state index in [4.69, 9.17) is 10.5 Å². The number of carbonyl (C=O) groups is 4. The molecule has 3 aromatic carbocycles. The Bertz CT molecular complexity index is 1870. The van der Waals surface area contributed by atoms with Crippen LogP contribution in [0.1, 0.15) is 76.1 Å². The van der Waals surface area contributed by atoms with Gasteiger partial charge in [-0.1, -0.05) is 93.6 Å². The number of ether oxygens (including phenoxy) is 1. The normalized spacial score (nSPS) is 15.1. The number of aromatic amines is 1. The minimum absolute atomic E-state index is 0.0211. The molecule has 0 saturated carbocycles. The fourth-order valence-corrected chi connectivity index (χ4v) is 7.17. The Morgan fingerprint density at radius 3 is 2.23 bits per heavy atom. The van der Waals surface area contributed by atoms with Crippen LogP contribution in [0.4, 0.5) is 4.79 Å². The van der Waals surface area contributed by atoms with E-state index in [1.807, 2.05) is 93.6 Å². The highest BCUT2D eigenvalue weighted by Gasteiger charge is 2.42. The molecule has 0 radical (unpaired) electrons. The van der Waals surface area contributed by atoms with Crippen molar-refractivity contribution in [1.82, 2.24) is 25.9 Å². The summed E-state index contributed by atoms with van der Waals surface area (Å²) in [5, 5.41) is 41.9. The van der Waals surface area contributed by atoms with Crippen molar-refractivity contribution in [3.63, 3.8) is 0 Å². The minimum Gasteiger partial charge on any atom is -0.445 e. The molecule has 0 bridgehead atoms. The van der Waals surface area contributed by atoms with E-state index in [1.165, 1.54) is 6.33 Å². The highest BCUT2D eigenvalue weighted by Crippen LogP contribution is 2.31. The van der Waals surface area contributed by atoms with Crippen LogP contribution in [0, 0.1) is 11.8 Å². The predicted molar refractivity (Wildman–Crippen MR) is 216 cm³/mol. The van der Waals surface area contributed by atoms with Crippen molar-refractivity contribution >= 4 is 34.6 Å². The van der Waals surface area contributed by atoms with Gasteiger partial charge < -0.3 is 46.7 Å². The molecule has 1 aromatic heterocycles.